The number of nitrogens with zero attached hydrogens (tertiary/aromatic N) is 4. The molecule has 1 saturated heterocycles. The molecular weight excluding hydrogens is 318 g/mol. The average Bonchev–Trinajstić information content (AvgIpc) is 3.11. The molecule has 0 saturated carbocycles. The van der Waals surface area contributed by atoms with Crippen LogP contribution in [-0.2, 0) is 11.8 Å². The Morgan fingerprint density at radius 2 is 2.32 bits per heavy atom. The van der Waals surface area contributed by atoms with Gasteiger partial charge in [-0.15, -0.1) is 0 Å². The first-order chi connectivity index (χ1) is 12.0. The van der Waals surface area contributed by atoms with Crippen LogP contribution in [0.1, 0.15) is 41.3 Å². The number of hydrogen-bond acceptors (Lipinski definition) is 5. The molecular formula is C18H23N5O2. The van der Waals surface area contributed by atoms with Crippen LogP contribution < -0.4 is 5.32 Å². The van der Waals surface area contributed by atoms with Crippen molar-refractivity contribution >= 4 is 11.8 Å². The summed E-state index contributed by atoms with van der Waals surface area (Å²) in [4.78, 5) is 14.5. The highest BCUT2D eigenvalue weighted by Crippen LogP contribution is 2.27. The second-order valence-electron chi connectivity index (χ2n) is 6.60. The molecule has 0 unspecified atom stereocenters. The van der Waals surface area contributed by atoms with Crippen LogP contribution in [-0.4, -0.2) is 40.2 Å². The minimum atomic E-state index is -0.157. The summed E-state index contributed by atoms with van der Waals surface area (Å²) < 4.78 is 7.41. The lowest BCUT2D eigenvalue weighted by Gasteiger charge is -2.32. The van der Waals surface area contributed by atoms with Gasteiger partial charge in [-0.1, -0.05) is 0 Å². The molecule has 132 valence electrons. The summed E-state index contributed by atoms with van der Waals surface area (Å²) in [7, 11) is 1.95. The van der Waals surface area contributed by atoms with Crippen molar-refractivity contribution in [2.75, 3.05) is 25.0 Å². The zero-order valence-electron chi connectivity index (χ0n) is 14.9. The number of piperidine rings is 1. The van der Waals surface area contributed by atoms with Gasteiger partial charge in [-0.2, -0.15) is 10.4 Å². The quantitative estimate of drug-likeness (QED) is 0.922. The Kier molecular flexibility index (Phi) is 4.91. The average molecular weight is 341 g/mol. The Bertz CT molecular complexity index is 814. The highest BCUT2D eigenvalue weighted by atomic mass is 16.4. The van der Waals surface area contributed by atoms with Crippen LogP contribution in [0.25, 0.3) is 0 Å². The van der Waals surface area contributed by atoms with Crippen LogP contribution in [0.4, 0.5) is 5.88 Å². The molecule has 0 aliphatic carbocycles. The molecule has 1 atom stereocenters. The SMILES string of the molecule is Cc1oc(NC(=O)CN2CCC[C@@H](c3ccnn3C)C2)c(C#N)c1C. The van der Waals surface area contributed by atoms with Gasteiger partial charge in [-0.25, -0.2) is 0 Å². The van der Waals surface area contributed by atoms with Crippen LogP contribution in [0.5, 0.6) is 0 Å². The first kappa shape index (κ1) is 17.2. The Labute approximate surface area is 147 Å². The lowest BCUT2D eigenvalue weighted by molar-refractivity contribution is -0.117. The topological polar surface area (TPSA) is 87.1 Å². The molecule has 1 aliphatic rings. The molecule has 0 aromatic carbocycles. The van der Waals surface area contributed by atoms with Gasteiger partial charge in [-0.05, 0) is 39.3 Å². The fourth-order valence-electron chi connectivity index (χ4n) is 3.44. The van der Waals surface area contributed by atoms with Gasteiger partial charge in [-0.3, -0.25) is 19.7 Å². The van der Waals surface area contributed by atoms with E-state index in [2.05, 4.69) is 21.4 Å². The molecule has 25 heavy (non-hydrogen) atoms. The van der Waals surface area contributed by atoms with Gasteiger partial charge in [0.15, 0.2) is 0 Å². The summed E-state index contributed by atoms with van der Waals surface area (Å²) in [5, 5.41) is 16.2. The van der Waals surface area contributed by atoms with Crippen molar-refractivity contribution in [1.29, 1.82) is 5.26 Å². The number of carbonyl (C=O) groups excluding carboxylic acids is 1. The normalized spacial score (nSPS) is 18.1. The number of amides is 1. The fourth-order valence-corrected chi connectivity index (χ4v) is 3.44. The summed E-state index contributed by atoms with van der Waals surface area (Å²) in [6.45, 7) is 5.61. The smallest absolute Gasteiger partial charge is 0.240 e. The summed E-state index contributed by atoms with van der Waals surface area (Å²) in [5.74, 6) is 1.14. The second-order valence-corrected chi connectivity index (χ2v) is 6.60. The van der Waals surface area contributed by atoms with E-state index in [1.807, 2.05) is 30.9 Å². The van der Waals surface area contributed by atoms with Gasteiger partial charge in [0.1, 0.15) is 17.4 Å². The fraction of sp³-hybridized carbons (Fsp3) is 0.500. The summed E-state index contributed by atoms with van der Waals surface area (Å²) in [6, 6.07) is 4.14. The van der Waals surface area contributed by atoms with Gasteiger partial charge in [0.2, 0.25) is 11.8 Å². The molecule has 2 aromatic rings. The van der Waals surface area contributed by atoms with E-state index in [4.69, 9.17) is 4.42 Å². The molecule has 1 fully saturated rings. The lowest BCUT2D eigenvalue weighted by atomic mass is 9.94. The maximum Gasteiger partial charge on any atom is 0.240 e. The zero-order chi connectivity index (χ0) is 18.0. The summed E-state index contributed by atoms with van der Waals surface area (Å²) in [6.07, 6.45) is 3.96. The van der Waals surface area contributed by atoms with Crippen LogP contribution in [0, 0.1) is 25.2 Å². The van der Waals surface area contributed by atoms with Crippen LogP contribution in [0.15, 0.2) is 16.7 Å². The molecule has 0 spiro atoms. The van der Waals surface area contributed by atoms with Crippen molar-refractivity contribution in [2.45, 2.75) is 32.6 Å². The van der Waals surface area contributed by atoms with Crippen molar-refractivity contribution < 1.29 is 9.21 Å². The van der Waals surface area contributed by atoms with Crippen molar-refractivity contribution in [2.24, 2.45) is 7.05 Å². The van der Waals surface area contributed by atoms with Gasteiger partial charge < -0.3 is 4.42 Å². The highest BCUT2D eigenvalue weighted by Gasteiger charge is 2.25. The van der Waals surface area contributed by atoms with E-state index >= 15 is 0 Å². The molecule has 3 rings (SSSR count). The third kappa shape index (κ3) is 3.59. The number of carbonyl (C=O) groups is 1. The molecule has 3 heterocycles. The van der Waals surface area contributed by atoms with E-state index in [-0.39, 0.29) is 18.3 Å². The third-order valence-corrected chi connectivity index (χ3v) is 4.90. The standard InChI is InChI=1S/C18H23N5O2/c1-12-13(2)25-18(15(12)9-19)21-17(24)11-23-8-4-5-14(10-23)16-6-7-20-22(16)3/h6-7,14H,4-5,8,10-11H2,1-3H3,(H,21,24)/t14-/m1/s1. The molecule has 1 aliphatic heterocycles. The van der Waals surface area contributed by atoms with E-state index in [0.717, 1.165) is 31.5 Å². The summed E-state index contributed by atoms with van der Waals surface area (Å²) >= 11 is 0. The first-order valence-electron chi connectivity index (χ1n) is 8.49. The van der Waals surface area contributed by atoms with E-state index in [0.29, 0.717) is 17.2 Å². The van der Waals surface area contributed by atoms with E-state index in [9.17, 15) is 10.1 Å². The lowest BCUT2D eigenvalue weighted by Crippen LogP contribution is -2.40. The molecule has 0 bridgehead atoms. The third-order valence-electron chi connectivity index (χ3n) is 4.90. The number of likely N-dealkylation sites (tertiary alicyclic amines) is 1. The Morgan fingerprint density at radius 1 is 1.52 bits per heavy atom. The highest BCUT2D eigenvalue weighted by molar-refractivity contribution is 5.92. The Balaban J connectivity index is 1.62. The Morgan fingerprint density at radius 3 is 3.00 bits per heavy atom. The molecule has 1 amide bonds. The molecule has 7 nitrogen and oxygen atoms in total. The number of aryl methyl sites for hydroxylation is 2. The van der Waals surface area contributed by atoms with Crippen molar-refractivity contribution in [3.05, 3.63) is 34.8 Å². The number of furan rings is 1. The number of rotatable bonds is 4. The monoisotopic (exact) mass is 341 g/mol. The number of nitrogens with one attached hydrogen (secondary N) is 1. The maximum absolute atomic E-state index is 12.4. The van der Waals surface area contributed by atoms with Gasteiger partial charge in [0.25, 0.3) is 0 Å². The van der Waals surface area contributed by atoms with Gasteiger partial charge in [0.05, 0.1) is 6.54 Å². The Hall–Kier alpha value is -2.59. The second kappa shape index (κ2) is 7.11. The summed E-state index contributed by atoms with van der Waals surface area (Å²) in [5.41, 5.74) is 2.37. The number of nitriles is 1. The number of anilines is 1. The van der Waals surface area contributed by atoms with E-state index < -0.39 is 0 Å². The predicted molar refractivity (Wildman–Crippen MR) is 93.1 cm³/mol. The molecule has 2 aromatic heterocycles. The maximum atomic E-state index is 12.4. The van der Waals surface area contributed by atoms with E-state index in [1.165, 1.54) is 5.69 Å². The first-order valence-corrected chi connectivity index (χ1v) is 8.49. The molecule has 7 heteroatoms. The minimum Gasteiger partial charge on any atom is -0.444 e. The largest absolute Gasteiger partial charge is 0.444 e. The van der Waals surface area contributed by atoms with E-state index in [1.54, 1.807) is 6.92 Å². The zero-order valence-corrected chi connectivity index (χ0v) is 14.9. The van der Waals surface area contributed by atoms with Gasteiger partial charge >= 0.3 is 0 Å². The minimum absolute atomic E-state index is 0.157. The van der Waals surface area contributed by atoms with Crippen LogP contribution in [0.3, 0.4) is 0 Å². The van der Waals surface area contributed by atoms with Crippen molar-refractivity contribution in [1.82, 2.24) is 14.7 Å². The van der Waals surface area contributed by atoms with Crippen LogP contribution in [0.2, 0.25) is 0 Å². The van der Waals surface area contributed by atoms with Gasteiger partial charge in [0, 0.05) is 37.0 Å². The van der Waals surface area contributed by atoms with Crippen LogP contribution >= 0.6 is 0 Å². The molecule has 0 radical (unpaired) electrons. The van der Waals surface area contributed by atoms with Crippen molar-refractivity contribution in [3.8, 4) is 6.07 Å². The van der Waals surface area contributed by atoms with Crippen molar-refractivity contribution in [3.63, 3.8) is 0 Å². The predicted octanol–water partition coefficient (Wildman–Crippen LogP) is 2.32. The molecule has 1 N–H and O–H groups in total. The number of hydrogen-bond donors (Lipinski definition) is 1. The number of aromatic nitrogens is 2.